The number of aromatic nitrogens is 1. The Balaban J connectivity index is 1.76. The van der Waals surface area contributed by atoms with E-state index in [0.717, 1.165) is 30.0 Å². The van der Waals surface area contributed by atoms with Gasteiger partial charge in [-0.1, -0.05) is 30.4 Å². The SMILES string of the molecule is CC(O)CCC/C=C/c1ccc(-c2cc3ccc(O)cc3cn2)cc1F. The Hall–Kier alpha value is -2.72. The number of unbranched alkanes of at least 4 members (excludes halogenated alkanes) is 1. The fourth-order valence-electron chi connectivity index (χ4n) is 2.85. The third-order valence-electron chi connectivity index (χ3n) is 4.29. The lowest BCUT2D eigenvalue weighted by Crippen LogP contribution is -1.97. The van der Waals surface area contributed by atoms with Crippen molar-refractivity contribution in [1.82, 2.24) is 4.98 Å². The number of halogens is 1. The molecule has 3 aromatic rings. The predicted octanol–water partition coefficient (Wildman–Crippen LogP) is 5.31. The minimum Gasteiger partial charge on any atom is -0.508 e. The molecular weight excluding hydrogens is 329 g/mol. The molecule has 0 amide bonds. The second-order valence-electron chi connectivity index (χ2n) is 6.52. The lowest BCUT2D eigenvalue weighted by Gasteiger charge is -2.06. The van der Waals surface area contributed by atoms with Crippen LogP contribution in [0.5, 0.6) is 5.75 Å². The fraction of sp³-hybridized carbons (Fsp3) is 0.227. The molecule has 26 heavy (non-hydrogen) atoms. The first kappa shape index (κ1) is 18.1. The van der Waals surface area contributed by atoms with E-state index < -0.39 is 0 Å². The normalized spacial score (nSPS) is 12.7. The molecule has 1 aromatic heterocycles. The van der Waals surface area contributed by atoms with Crippen LogP contribution < -0.4 is 0 Å². The zero-order chi connectivity index (χ0) is 18.5. The van der Waals surface area contributed by atoms with E-state index in [1.165, 1.54) is 6.07 Å². The summed E-state index contributed by atoms with van der Waals surface area (Å²) < 4.78 is 14.4. The Morgan fingerprint density at radius 3 is 2.73 bits per heavy atom. The number of aliphatic hydroxyl groups excluding tert-OH is 1. The molecule has 0 fully saturated rings. The van der Waals surface area contributed by atoms with Gasteiger partial charge in [-0.25, -0.2) is 4.39 Å². The third-order valence-corrected chi connectivity index (χ3v) is 4.29. The Morgan fingerprint density at radius 1 is 1.12 bits per heavy atom. The number of aliphatic hydroxyl groups is 1. The maximum atomic E-state index is 14.4. The smallest absolute Gasteiger partial charge is 0.131 e. The van der Waals surface area contributed by atoms with Crippen LogP contribution in [0.1, 0.15) is 31.7 Å². The van der Waals surface area contributed by atoms with Crippen molar-refractivity contribution in [3.63, 3.8) is 0 Å². The molecule has 0 aliphatic heterocycles. The molecule has 2 N–H and O–H groups in total. The lowest BCUT2D eigenvalue weighted by atomic mass is 10.0. The van der Waals surface area contributed by atoms with Crippen molar-refractivity contribution < 1.29 is 14.6 Å². The van der Waals surface area contributed by atoms with E-state index in [9.17, 15) is 14.6 Å². The van der Waals surface area contributed by atoms with E-state index in [0.29, 0.717) is 16.8 Å². The summed E-state index contributed by atoms with van der Waals surface area (Å²) in [6.45, 7) is 1.77. The fourth-order valence-corrected chi connectivity index (χ4v) is 2.85. The van der Waals surface area contributed by atoms with Crippen LogP contribution in [-0.2, 0) is 0 Å². The van der Waals surface area contributed by atoms with Gasteiger partial charge < -0.3 is 10.2 Å². The number of hydrogen-bond acceptors (Lipinski definition) is 3. The summed E-state index contributed by atoms with van der Waals surface area (Å²) >= 11 is 0. The maximum Gasteiger partial charge on any atom is 0.131 e. The average Bonchev–Trinajstić information content (AvgIpc) is 2.62. The number of nitrogens with zero attached hydrogens (tertiary/aromatic N) is 1. The minimum absolute atomic E-state index is 0.197. The summed E-state index contributed by atoms with van der Waals surface area (Å²) in [7, 11) is 0. The zero-order valence-corrected chi connectivity index (χ0v) is 14.7. The molecule has 0 saturated heterocycles. The van der Waals surface area contributed by atoms with Gasteiger partial charge in [0.25, 0.3) is 0 Å². The van der Waals surface area contributed by atoms with Crippen LogP contribution in [-0.4, -0.2) is 21.3 Å². The van der Waals surface area contributed by atoms with E-state index >= 15 is 0 Å². The monoisotopic (exact) mass is 351 g/mol. The zero-order valence-electron chi connectivity index (χ0n) is 14.7. The summed E-state index contributed by atoms with van der Waals surface area (Å²) in [6.07, 6.45) is 7.53. The van der Waals surface area contributed by atoms with E-state index in [4.69, 9.17) is 0 Å². The van der Waals surface area contributed by atoms with E-state index in [1.54, 1.807) is 37.4 Å². The number of fused-ring (bicyclic) bond motifs is 1. The van der Waals surface area contributed by atoms with Gasteiger partial charge >= 0.3 is 0 Å². The number of hydrogen-bond donors (Lipinski definition) is 2. The second kappa shape index (κ2) is 8.11. The van der Waals surface area contributed by atoms with Gasteiger partial charge in [0.2, 0.25) is 0 Å². The second-order valence-corrected chi connectivity index (χ2v) is 6.52. The van der Waals surface area contributed by atoms with Crippen molar-refractivity contribution in [1.29, 1.82) is 0 Å². The molecule has 0 bridgehead atoms. The van der Waals surface area contributed by atoms with Gasteiger partial charge in [-0.3, -0.25) is 4.98 Å². The van der Waals surface area contributed by atoms with E-state index in [2.05, 4.69) is 4.98 Å². The van der Waals surface area contributed by atoms with Crippen molar-refractivity contribution in [3.05, 3.63) is 66.1 Å². The van der Waals surface area contributed by atoms with Gasteiger partial charge in [0.05, 0.1) is 11.8 Å². The van der Waals surface area contributed by atoms with Crippen LogP contribution in [0.4, 0.5) is 4.39 Å². The van der Waals surface area contributed by atoms with Gasteiger partial charge in [0.1, 0.15) is 11.6 Å². The molecule has 1 heterocycles. The van der Waals surface area contributed by atoms with Crippen molar-refractivity contribution >= 4 is 16.8 Å². The molecule has 134 valence electrons. The van der Waals surface area contributed by atoms with Crippen molar-refractivity contribution in [3.8, 4) is 17.0 Å². The molecule has 0 saturated carbocycles. The highest BCUT2D eigenvalue weighted by molar-refractivity contribution is 5.86. The largest absolute Gasteiger partial charge is 0.508 e. The minimum atomic E-state index is -0.294. The van der Waals surface area contributed by atoms with E-state index in [1.807, 2.05) is 24.3 Å². The molecule has 2 aromatic carbocycles. The van der Waals surface area contributed by atoms with Crippen LogP contribution >= 0.6 is 0 Å². The number of benzene rings is 2. The third kappa shape index (κ3) is 4.46. The summed E-state index contributed by atoms with van der Waals surface area (Å²) in [4.78, 5) is 4.37. The Morgan fingerprint density at radius 2 is 1.96 bits per heavy atom. The van der Waals surface area contributed by atoms with E-state index in [-0.39, 0.29) is 17.7 Å². The lowest BCUT2D eigenvalue weighted by molar-refractivity contribution is 0.182. The molecule has 1 unspecified atom stereocenters. The van der Waals surface area contributed by atoms with Crippen LogP contribution in [0.2, 0.25) is 0 Å². The molecule has 1 atom stereocenters. The summed E-state index contributed by atoms with van der Waals surface area (Å²) in [5, 5.41) is 20.5. The first-order chi connectivity index (χ1) is 12.5. The average molecular weight is 351 g/mol. The van der Waals surface area contributed by atoms with Gasteiger partial charge in [0, 0.05) is 22.7 Å². The summed E-state index contributed by atoms with van der Waals surface area (Å²) in [5.74, 6) is -0.0930. The van der Waals surface area contributed by atoms with Crippen molar-refractivity contribution in [2.24, 2.45) is 0 Å². The highest BCUT2D eigenvalue weighted by Crippen LogP contribution is 2.26. The Kier molecular flexibility index (Phi) is 5.64. The van der Waals surface area contributed by atoms with Gasteiger partial charge in [0.15, 0.2) is 0 Å². The van der Waals surface area contributed by atoms with Gasteiger partial charge in [-0.15, -0.1) is 0 Å². The Bertz CT molecular complexity index is 935. The number of pyridine rings is 1. The number of allylic oxidation sites excluding steroid dienone is 1. The van der Waals surface area contributed by atoms with Crippen LogP contribution in [0, 0.1) is 5.82 Å². The first-order valence-electron chi connectivity index (χ1n) is 8.76. The van der Waals surface area contributed by atoms with Crippen LogP contribution in [0.15, 0.2) is 54.7 Å². The topological polar surface area (TPSA) is 53.4 Å². The number of aromatic hydroxyl groups is 1. The van der Waals surface area contributed by atoms with Crippen molar-refractivity contribution in [2.75, 3.05) is 0 Å². The highest BCUT2D eigenvalue weighted by atomic mass is 19.1. The summed E-state index contributed by atoms with van der Waals surface area (Å²) in [6, 6.07) is 12.1. The highest BCUT2D eigenvalue weighted by Gasteiger charge is 2.06. The standard InChI is InChI=1S/C22H22FNO2/c1-15(25)5-3-2-4-6-16-7-8-18(12-21(16)23)22-13-17-9-10-20(26)11-19(17)14-24-22/h4,6-15,25-26H,2-3,5H2,1H3/b6-4+. The van der Waals surface area contributed by atoms with Crippen molar-refractivity contribution in [2.45, 2.75) is 32.3 Å². The molecule has 0 aliphatic carbocycles. The van der Waals surface area contributed by atoms with Crippen LogP contribution in [0.3, 0.4) is 0 Å². The molecule has 3 nitrogen and oxygen atoms in total. The molecule has 3 rings (SSSR count). The first-order valence-corrected chi connectivity index (χ1v) is 8.76. The number of phenolic OH excluding ortho intramolecular Hbond substituents is 1. The van der Waals surface area contributed by atoms with Gasteiger partial charge in [-0.2, -0.15) is 0 Å². The predicted molar refractivity (Wildman–Crippen MR) is 103 cm³/mol. The van der Waals surface area contributed by atoms with Crippen LogP contribution in [0.25, 0.3) is 28.1 Å². The quantitative estimate of drug-likeness (QED) is 0.592. The number of rotatable bonds is 6. The Labute approximate surface area is 152 Å². The van der Waals surface area contributed by atoms with Gasteiger partial charge in [-0.05, 0) is 55.8 Å². The molecule has 4 heteroatoms. The molecular formula is C22H22FNO2. The summed E-state index contributed by atoms with van der Waals surface area (Å²) in [5.41, 5.74) is 1.94. The molecule has 0 spiro atoms. The molecule has 0 aliphatic rings. The molecule has 0 radical (unpaired) electrons. The maximum absolute atomic E-state index is 14.4. The number of phenols is 1.